The van der Waals surface area contributed by atoms with Crippen molar-refractivity contribution in [1.82, 2.24) is 10.2 Å². The molecule has 1 unspecified atom stereocenters. The number of nitrogens with one attached hydrogen (secondary N) is 1. The summed E-state index contributed by atoms with van der Waals surface area (Å²) in [6, 6.07) is 8.74. The summed E-state index contributed by atoms with van der Waals surface area (Å²) < 4.78 is 0. The maximum absolute atomic E-state index is 12.2. The van der Waals surface area contributed by atoms with E-state index in [1.807, 2.05) is 31.2 Å². The molecule has 0 aromatic heterocycles. The molecule has 22 heavy (non-hydrogen) atoms. The highest BCUT2D eigenvalue weighted by atomic mass is 16.4. The van der Waals surface area contributed by atoms with Gasteiger partial charge in [0.15, 0.2) is 0 Å². The quantitative estimate of drug-likeness (QED) is 0.869. The third-order valence-corrected chi connectivity index (χ3v) is 3.84. The molecule has 0 aliphatic carbocycles. The fourth-order valence-electron chi connectivity index (χ4n) is 2.58. The highest BCUT2D eigenvalue weighted by Gasteiger charge is 2.32. The number of carbonyl (C=O) groups excluding carboxylic acids is 1. The zero-order chi connectivity index (χ0) is 16.1. The summed E-state index contributed by atoms with van der Waals surface area (Å²) in [5.74, 6) is -1.08. The van der Waals surface area contributed by atoms with Gasteiger partial charge in [-0.05, 0) is 17.5 Å². The number of aliphatic carboxylic acids is 1. The second kappa shape index (κ2) is 6.94. The summed E-state index contributed by atoms with van der Waals surface area (Å²) >= 11 is 0. The summed E-state index contributed by atoms with van der Waals surface area (Å²) in [5, 5.41) is 20.6. The van der Waals surface area contributed by atoms with Gasteiger partial charge in [-0.15, -0.1) is 0 Å². The van der Waals surface area contributed by atoms with E-state index in [0.29, 0.717) is 13.1 Å². The van der Waals surface area contributed by atoms with Crippen molar-refractivity contribution in [3.05, 3.63) is 35.4 Å². The van der Waals surface area contributed by atoms with Gasteiger partial charge in [0.2, 0.25) is 0 Å². The number of nitriles is 1. The first kappa shape index (κ1) is 15.8. The largest absolute Gasteiger partial charge is 0.481 e. The molecule has 1 aliphatic heterocycles. The molecule has 1 saturated heterocycles. The van der Waals surface area contributed by atoms with E-state index in [1.165, 1.54) is 4.90 Å². The van der Waals surface area contributed by atoms with Crippen molar-refractivity contribution in [3.8, 4) is 6.07 Å². The Kier molecular flexibility index (Phi) is 4.99. The molecule has 1 atom stereocenters. The fraction of sp³-hybridized carbons (Fsp3) is 0.438. The molecular formula is C16H19N3O3. The number of carboxylic acid groups (broad SMARTS) is 1. The Morgan fingerprint density at radius 1 is 1.45 bits per heavy atom. The Bertz CT molecular complexity index is 603. The first-order chi connectivity index (χ1) is 10.5. The van der Waals surface area contributed by atoms with E-state index in [2.05, 4.69) is 11.4 Å². The van der Waals surface area contributed by atoms with Crippen LogP contribution in [0.4, 0.5) is 4.79 Å². The minimum atomic E-state index is -0.963. The van der Waals surface area contributed by atoms with Crippen LogP contribution in [0.1, 0.15) is 30.5 Å². The van der Waals surface area contributed by atoms with Crippen molar-refractivity contribution in [2.45, 2.75) is 25.8 Å². The van der Waals surface area contributed by atoms with Gasteiger partial charge >= 0.3 is 12.0 Å². The molecule has 0 saturated carbocycles. The van der Waals surface area contributed by atoms with Crippen LogP contribution in [-0.2, 0) is 11.2 Å². The van der Waals surface area contributed by atoms with Crippen LogP contribution in [0, 0.1) is 17.2 Å². The predicted octanol–water partition coefficient (Wildman–Crippen LogP) is 1.93. The fourth-order valence-corrected chi connectivity index (χ4v) is 2.58. The van der Waals surface area contributed by atoms with Crippen molar-refractivity contribution in [2.24, 2.45) is 5.92 Å². The number of hydrogen-bond acceptors (Lipinski definition) is 3. The van der Waals surface area contributed by atoms with Gasteiger partial charge in [0, 0.05) is 13.1 Å². The number of rotatable bonds is 5. The van der Waals surface area contributed by atoms with Gasteiger partial charge in [-0.25, -0.2) is 4.79 Å². The lowest BCUT2D eigenvalue weighted by Gasteiger charge is -2.36. The van der Waals surface area contributed by atoms with Crippen molar-refractivity contribution in [1.29, 1.82) is 5.26 Å². The van der Waals surface area contributed by atoms with E-state index < -0.39 is 12.0 Å². The average Bonchev–Trinajstić information content (AvgIpc) is 2.45. The van der Waals surface area contributed by atoms with E-state index >= 15 is 0 Å². The molecule has 1 fully saturated rings. The van der Waals surface area contributed by atoms with Crippen molar-refractivity contribution >= 4 is 12.0 Å². The second-order valence-electron chi connectivity index (χ2n) is 5.38. The lowest BCUT2D eigenvalue weighted by Crippen LogP contribution is -2.54. The number of carboxylic acids is 1. The molecule has 2 rings (SSSR count). The molecule has 1 aromatic carbocycles. The minimum absolute atomic E-state index is 0.119. The zero-order valence-corrected chi connectivity index (χ0v) is 12.5. The summed E-state index contributed by atoms with van der Waals surface area (Å²) in [6.07, 6.45) is 0.598. The number of amides is 2. The predicted molar refractivity (Wildman–Crippen MR) is 80.0 cm³/mol. The molecule has 0 radical (unpaired) electrons. The summed E-state index contributed by atoms with van der Waals surface area (Å²) in [5.41, 5.74) is 1.85. The van der Waals surface area contributed by atoms with Crippen molar-refractivity contribution < 1.29 is 14.7 Å². The number of carbonyl (C=O) groups is 2. The van der Waals surface area contributed by atoms with Crippen LogP contribution in [0.5, 0.6) is 0 Å². The van der Waals surface area contributed by atoms with Crippen LogP contribution in [-0.4, -0.2) is 35.1 Å². The second-order valence-corrected chi connectivity index (χ2v) is 5.38. The minimum Gasteiger partial charge on any atom is -0.481 e. The summed E-state index contributed by atoms with van der Waals surface area (Å²) in [7, 11) is 0. The smallest absolute Gasteiger partial charge is 0.317 e. The van der Waals surface area contributed by atoms with Gasteiger partial charge in [0.05, 0.1) is 24.4 Å². The highest BCUT2D eigenvalue weighted by molar-refractivity contribution is 5.77. The number of aryl methyl sites for hydroxylation is 1. The molecule has 6 heteroatoms. The van der Waals surface area contributed by atoms with E-state index in [9.17, 15) is 9.59 Å². The Hall–Kier alpha value is -2.55. The van der Waals surface area contributed by atoms with E-state index in [1.54, 1.807) is 0 Å². The van der Waals surface area contributed by atoms with Crippen LogP contribution in [0.15, 0.2) is 24.3 Å². The van der Waals surface area contributed by atoms with Gasteiger partial charge in [-0.3, -0.25) is 4.79 Å². The Labute approximate surface area is 129 Å². The van der Waals surface area contributed by atoms with Crippen LogP contribution >= 0.6 is 0 Å². The zero-order valence-electron chi connectivity index (χ0n) is 12.5. The normalized spacial score (nSPS) is 15.5. The number of likely N-dealkylation sites (tertiary alicyclic amines) is 1. The molecule has 1 aromatic rings. The lowest BCUT2D eigenvalue weighted by atomic mass is 9.96. The third-order valence-electron chi connectivity index (χ3n) is 3.84. The molecule has 1 heterocycles. The first-order valence-electron chi connectivity index (χ1n) is 7.29. The van der Waals surface area contributed by atoms with Gasteiger partial charge in [-0.2, -0.15) is 5.26 Å². The monoisotopic (exact) mass is 301 g/mol. The molecule has 116 valence electrons. The van der Waals surface area contributed by atoms with Crippen LogP contribution < -0.4 is 5.32 Å². The van der Waals surface area contributed by atoms with Crippen molar-refractivity contribution in [2.75, 3.05) is 13.1 Å². The third kappa shape index (κ3) is 3.55. The van der Waals surface area contributed by atoms with Gasteiger partial charge < -0.3 is 15.3 Å². The number of hydrogen-bond donors (Lipinski definition) is 2. The van der Waals surface area contributed by atoms with Gasteiger partial charge in [0.1, 0.15) is 0 Å². The molecule has 2 amide bonds. The molecule has 0 bridgehead atoms. The van der Waals surface area contributed by atoms with E-state index in [-0.39, 0.29) is 18.4 Å². The van der Waals surface area contributed by atoms with Crippen molar-refractivity contribution in [3.63, 3.8) is 0 Å². The number of benzene rings is 1. The molecule has 6 nitrogen and oxygen atoms in total. The molecule has 0 spiro atoms. The average molecular weight is 301 g/mol. The van der Waals surface area contributed by atoms with Gasteiger partial charge in [0.25, 0.3) is 0 Å². The SMILES string of the molecule is CCc1ccccc1C(CC(=O)O)NC(=O)N1CC(C#N)C1. The standard InChI is InChI=1S/C16H19N3O3/c1-2-12-5-3-4-6-13(12)14(7-15(20)21)18-16(22)19-9-11(8-17)10-19/h3-6,11,14H,2,7,9-10H2,1H3,(H,18,22)(H,20,21). The maximum atomic E-state index is 12.2. The Morgan fingerprint density at radius 3 is 2.73 bits per heavy atom. The summed E-state index contributed by atoms with van der Waals surface area (Å²) in [6.45, 7) is 2.79. The Balaban J connectivity index is 2.11. The van der Waals surface area contributed by atoms with Crippen LogP contribution in [0.25, 0.3) is 0 Å². The highest BCUT2D eigenvalue weighted by Crippen LogP contribution is 2.23. The van der Waals surface area contributed by atoms with Crippen LogP contribution in [0.2, 0.25) is 0 Å². The Morgan fingerprint density at radius 2 is 2.14 bits per heavy atom. The number of nitrogens with zero attached hydrogens (tertiary/aromatic N) is 2. The molecular weight excluding hydrogens is 282 g/mol. The van der Waals surface area contributed by atoms with Gasteiger partial charge in [-0.1, -0.05) is 31.2 Å². The first-order valence-corrected chi connectivity index (χ1v) is 7.29. The van der Waals surface area contributed by atoms with E-state index in [4.69, 9.17) is 10.4 Å². The number of urea groups is 1. The molecule has 2 N–H and O–H groups in total. The van der Waals surface area contributed by atoms with Crippen LogP contribution in [0.3, 0.4) is 0 Å². The topological polar surface area (TPSA) is 93.4 Å². The lowest BCUT2D eigenvalue weighted by molar-refractivity contribution is -0.137. The molecule has 1 aliphatic rings. The maximum Gasteiger partial charge on any atom is 0.317 e. The van der Waals surface area contributed by atoms with E-state index in [0.717, 1.165) is 17.5 Å². The summed E-state index contributed by atoms with van der Waals surface area (Å²) in [4.78, 5) is 24.8.